The summed E-state index contributed by atoms with van der Waals surface area (Å²) in [6.45, 7) is 5.62. The highest BCUT2D eigenvalue weighted by molar-refractivity contribution is 4.94. The number of hydrogen-bond donors (Lipinski definition) is 0. The molecular weight excluding hydrogens is 316 g/mol. The van der Waals surface area contributed by atoms with Crippen LogP contribution in [0.4, 0.5) is 0 Å². The summed E-state index contributed by atoms with van der Waals surface area (Å²) in [6, 6.07) is 0. The summed E-state index contributed by atoms with van der Waals surface area (Å²) in [5.74, 6) is 5.31. The standard InChI is InChI=1S/C25H46O/c1-3-5-7-8-10-20-11-15-24-21(18-20)12-13-22-19-23(14-16-25(22)24)26-17-9-6-4-2/h20-25H,3-19H2,1-2H3. The highest BCUT2D eigenvalue weighted by atomic mass is 16.5. The Bertz CT molecular complexity index is 342. The average Bonchev–Trinajstić information content (AvgIpc) is 2.68. The van der Waals surface area contributed by atoms with Crippen LogP contribution in [0.15, 0.2) is 0 Å². The number of ether oxygens (including phenoxy) is 1. The van der Waals surface area contributed by atoms with Crippen LogP contribution in [0.3, 0.4) is 0 Å². The zero-order chi connectivity index (χ0) is 18.2. The summed E-state index contributed by atoms with van der Waals surface area (Å²) in [6.07, 6.45) is 23.8. The van der Waals surface area contributed by atoms with Crippen LogP contribution in [-0.4, -0.2) is 12.7 Å². The third kappa shape index (κ3) is 5.73. The second-order valence-corrected chi connectivity index (χ2v) is 9.97. The third-order valence-electron chi connectivity index (χ3n) is 8.17. The fraction of sp³-hybridized carbons (Fsp3) is 1.00. The predicted octanol–water partition coefficient (Wildman–Crippen LogP) is 7.77. The molecule has 0 bridgehead atoms. The van der Waals surface area contributed by atoms with Crippen LogP contribution in [0.1, 0.15) is 117 Å². The van der Waals surface area contributed by atoms with Crippen LogP contribution >= 0.6 is 0 Å². The highest BCUT2D eigenvalue weighted by Gasteiger charge is 2.44. The largest absolute Gasteiger partial charge is 0.378 e. The van der Waals surface area contributed by atoms with Crippen molar-refractivity contribution < 1.29 is 4.74 Å². The summed E-state index contributed by atoms with van der Waals surface area (Å²) in [4.78, 5) is 0. The molecule has 1 heteroatoms. The highest BCUT2D eigenvalue weighted by Crippen LogP contribution is 2.53. The molecule has 0 amide bonds. The number of rotatable bonds is 10. The van der Waals surface area contributed by atoms with Crippen molar-refractivity contribution in [3.05, 3.63) is 0 Å². The number of fused-ring (bicyclic) bond motifs is 3. The van der Waals surface area contributed by atoms with Gasteiger partial charge in [-0.2, -0.15) is 0 Å². The molecule has 0 heterocycles. The van der Waals surface area contributed by atoms with Crippen molar-refractivity contribution in [3.8, 4) is 0 Å². The summed E-state index contributed by atoms with van der Waals surface area (Å²) in [5, 5.41) is 0. The first-order chi connectivity index (χ1) is 12.8. The van der Waals surface area contributed by atoms with Gasteiger partial charge in [0, 0.05) is 6.61 Å². The van der Waals surface area contributed by atoms with Gasteiger partial charge in [-0.3, -0.25) is 0 Å². The second-order valence-electron chi connectivity index (χ2n) is 9.97. The monoisotopic (exact) mass is 362 g/mol. The van der Waals surface area contributed by atoms with Gasteiger partial charge in [-0.05, 0) is 81.0 Å². The van der Waals surface area contributed by atoms with E-state index in [1.54, 1.807) is 25.7 Å². The molecule has 1 nitrogen and oxygen atoms in total. The molecule has 3 rings (SSSR count). The van der Waals surface area contributed by atoms with Gasteiger partial charge in [0.25, 0.3) is 0 Å². The maximum atomic E-state index is 6.25. The van der Waals surface area contributed by atoms with Crippen LogP contribution < -0.4 is 0 Å². The molecule has 0 radical (unpaired) electrons. The minimum absolute atomic E-state index is 0.597. The Kier molecular flexibility index (Phi) is 8.82. The lowest BCUT2D eigenvalue weighted by Crippen LogP contribution is -2.42. The Morgan fingerprint density at radius 3 is 2.12 bits per heavy atom. The molecule has 3 aliphatic rings. The minimum atomic E-state index is 0.597. The van der Waals surface area contributed by atoms with Crippen molar-refractivity contribution in [2.24, 2.45) is 29.6 Å². The predicted molar refractivity (Wildman–Crippen MR) is 112 cm³/mol. The molecule has 0 aliphatic heterocycles. The minimum Gasteiger partial charge on any atom is -0.378 e. The van der Waals surface area contributed by atoms with Crippen LogP contribution in [-0.2, 0) is 4.74 Å². The molecule has 0 N–H and O–H groups in total. The van der Waals surface area contributed by atoms with E-state index in [0.717, 1.165) is 36.2 Å². The van der Waals surface area contributed by atoms with E-state index in [2.05, 4.69) is 13.8 Å². The van der Waals surface area contributed by atoms with E-state index in [0.29, 0.717) is 6.10 Å². The van der Waals surface area contributed by atoms with E-state index >= 15 is 0 Å². The van der Waals surface area contributed by atoms with Gasteiger partial charge in [0.05, 0.1) is 6.10 Å². The number of hydrogen-bond acceptors (Lipinski definition) is 1. The van der Waals surface area contributed by atoms with E-state index in [-0.39, 0.29) is 0 Å². The van der Waals surface area contributed by atoms with Crippen molar-refractivity contribution in [2.45, 2.75) is 123 Å². The third-order valence-corrected chi connectivity index (χ3v) is 8.17. The van der Waals surface area contributed by atoms with E-state index in [9.17, 15) is 0 Å². The van der Waals surface area contributed by atoms with Crippen molar-refractivity contribution in [2.75, 3.05) is 6.61 Å². The first-order valence-electron chi connectivity index (χ1n) is 12.4. The zero-order valence-corrected chi connectivity index (χ0v) is 17.9. The molecule has 6 atom stereocenters. The second kappa shape index (κ2) is 11.1. The molecule has 0 aromatic carbocycles. The first kappa shape index (κ1) is 20.7. The molecule has 152 valence electrons. The Labute approximate surface area is 164 Å². The van der Waals surface area contributed by atoms with Crippen LogP contribution in [0.2, 0.25) is 0 Å². The van der Waals surface area contributed by atoms with E-state index in [1.807, 2.05) is 0 Å². The molecule has 0 spiro atoms. The molecule has 0 aromatic heterocycles. The maximum absolute atomic E-state index is 6.25. The summed E-state index contributed by atoms with van der Waals surface area (Å²) in [7, 11) is 0. The first-order valence-corrected chi connectivity index (χ1v) is 12.4. The van der Waals surface area contributed by atoms with Crippen LogP contribution in [0.5, 0.6) is 0 Å². The molecule has 3 fully saturated rings. The molecule has 6 unspecified atom stereocenters. The molecule has 0 saturated heterocycles. The van der Waals surface area contributed by atoms with E-state index < -0.39 is 0 Å². The smallest absolute Gasteiger partial charge is 0.0578 e. The molecule has 3 aliphatic carbocycles. The fourth-order valence-electron chi connectivity index (χ4n) is 6.72. The molecule has 0 aromatic rings. The van der Waals surface area contributed by atoms with Crippen molar-refractivity contribution in [3.63, 3.8) is 0 Å². The maximum Gasteiger partial charge on any atom is 0.0578 e. The fourth-order valence-corrected chi connectivity index (χ4v) is 6.72. The van der Waals surface area contributed by atoms with Gasteiger partial charge in [0.15, 0.2) is 0 Å². The quantitative estimate of drug-likeness (QED) is 0.360. The van der Waals surface area contributed by atoms with Gasteiger partial charge in [-0.25, -0.2) is 0 Å². The Morgan fingerprint density at radius 2 is 1.35 bits per heavy atom. The lowest BCUT2D eigenvalue weighted by molar-refractivity contribution is -0.0539. The van der Waals surface area contributed by atoms with Gasteiger partial charge in [0.1, 0.15) is 0 Å². The molecule has 3 saturated carbocycles. The van der Waals surface area contributed by atoms with Gasteiger partial charge in [0.2, 0.25) is 0 Å². The summed E-state index contributed by atoms with van der Waals surface area (Å²) >= 11 is 0. The normalized spacial score (nSPS) is 37.2. The Hall–Kier alpha value is -0.0400. The average molecular weight is 363 g/mol. The van der Waals surface area contributed by atoms with E-state index in [1.165, 1.54) is 77.0 Å². The summed E-state index contributed by atoms with van der Waals surface area (Å²) in [5.41, 5.74) is 0. The molecule has 26 heavy (non-hydrogen) atoms. The van der Waals surface area contributed by atoms with Crippen LogP contribution in [0.25, 0.3) is 0 Å². The van der Waals surface area contributed by atoms with Crippen molar-refractivity contribution >= 4 is 0 Å². The lowest BCUT2D eigenvalue weighted by Gasteiger charge is -2.50. The number of unbranched alkanes of at least 4 members (excludes halogenated alkanes) is 5. The van der Waals surface area contributed by atoms with Crippen LogP contribution in [0, 0.1) is 29.6 Å². The van der Waals surface area contributed by atoms with Crippen molar-refractivity contribution in [1.29, 1.82) is 0 Å². The Balaban J connectivity index is 1.39. The van der Waals surface area contributed by atoms with E-state index in [4.69, 9.17) is 4.74 Å². The van der Waals surface area contributed by atoms with Gasteiger partial charge in [-0.15, -0.1) is 0 Å². The van der Waals surface area contributed by atoms with Gasteiger partial charge >= 0.3 is 0 Å². The van der Waals surface area contributed by atoms with Gasteiger partial charge in [-0.1, -0.05) is 65.2 Å². The Morgan fingerprint density at radius 1 is 0.654 bits per heavy atom. The zero-order valence-electron chi connectivity index (χ0n) is 17.9. The molecular formula is C25H46O. The SMILES string of the molecule is CCCCCCC1CCC2C(CCC3CC(OCCCCC)CCC32)C1. The van der Waals surface area contributed by atoms with Gasteiger partial charge < -0.3 is 4.74 Å². The summed E-state index contributed by atoms with van der Waals surface area (Å²) < 4.78 is 6.25. The lowest BCUT2D eigenvalue weighted by atomic mass is 9.56. The van der Waals surface area contributed by atoms with Crippen molar-refractivity contribution in [1.82, 2.24) is 0 Å². The topological polar surface area (TPSA) is 9.23 Å².